The van der Waals surface area contributed by atoms with E-state index < -0.39 is 0 Å². The van der Waals surface area contributed by atoms with Crippen molar-refractivity contribution >= 4 is 44.8 Å². The number of hydrogen-bond acceptors (Lipinski definition) is 6. The zero-order chi connectivity index (χ0) is 26.2. The number of benzene rings is 4. The maximum atomic E-state index is 6.42. The molecule has 40 heavy (non-hydrogen) atoms. The largest absolute Gasteiger partial charge is 0.514 e. The van der Waals surface area contributed by atoms with E-state index in [2.05, 4.69) is 28.1 Å². The second kappa shape index (κ2) is 10.9. The van der Waals surface area contributed by atoms with Gasteiger partial charge in [0.05, 0.1) is 0 Å². The summed E-state index contributed by atoms with van der Waals surface area (Å²) in [5, 5.41) is 1.98. The Morgan fingerprint density at radius 1 is 0.825 bits per heavy atom. The number of anilines is 4. The molecular weight excluding hydrogens is 679 g/mol. The van der Waals surface area contributed by atoms with E-state index in [0.717, 1.165) is 44.8 Å². The third kappa shape index (κ3) is 4.83. The van der Waals surface area contributed by atoms with Crippen LogP contribution < -0.4 is 14.5 Å². The molecule has 7 heteroatoms. The van der Waals surface area contributed by atoms with Crippen molar-refractivity contribution in [3.63, 3.8) is 0 Å². The van der Waals surface area contributed by atoms with Gasteiger partial charge >= 0.3 is 0 Å². The number of fused-ring (bicyclic) bond motifs is 3. The Morgan fingerprint density at radius 2 is 1.65 bits per heavy atom. The van der Waals surface area contributed by atoms with Gasteiger partial charge in [0.2, 0.25) is 0 Å². The molecule has 0 bridgehead atoms. The van der Waals surface area contributed by atoms with Crippen molar-refractivity contribution in [3.8, 4) is 11.5 Å². The van der Waals surface area contributed by atoms with Gasteiger partial charge in [-0.2, -0.15) is 12.7 Å². The van der Waals surface area contributed by atoms with E-state index in [0.29, 0.717) is 11.5 Å². The van der Waals surface area contributed by atoms with Crippen molar-refractivity contribution in [1.29, 1.82) is 0 Å². The average molecular weight is 703 g/mol. The first kappa shape index (κ1) is 25.7. The molecule has 0 saturated heterocycles. The monoisotopic (exact) mass is 702 g/mol. The van der Waals surface area contributed by atoms with Gasteiger partial charge in [0.25, 0.3) is 0 Å². The molecule has 2 aromatic heterocycles. The van der Waals surface area contributed by atoms with Gasteiger partial charge in [0, 0.05) is 55.4 Å². The number of pyridine rings is 1. The van der Waals surface area contributed by atoms with Crippen molar-refractivity contribution in [2.45, 2.75) is 0 Å². The molecule has 6 nitrogen and oxygen atoms in total. The summed E-state index contributed by atoms with van der Waals surface area (Å²) in [5.41, 5.74) is 4.13. The summed E-state index contributed by atoms with van der Waals surface area (Å²) in [6.07, 6.45) is 5.73. The van der Waals surface area contributed by atoms with Crippen LogP contribution in [0.2, 0.25) is 0 Å². The van der Waals surface area contributed by atoms with Crippen molar-refractivity contribution in [2.24, 2.45) is 0 Å². The summed E-state index contributed by atoms with van der Waals surface area (Å²) in [6.45, 7) is 1.97. The van der Waals surface area contributed by atoms with Gasteiger partial charge < -0.3 is 23.9 Å². The van der Waals surface area contributed by atoms with Crippen LogP contribution >= 0.6 is 0 Å². The summed E-state index contributed by atoms with van der Waals surface area (Å²) in [5.74, 6) is 1.92. The van der Waals surface area contributed by atoms with Crippen molar-refractivity contribution in [1.82, 2.24) is 9.88 Å². The number of rotatable bonds is 6. The maximum absolute atomic E-state index is 6.42. The first-order valence-corrected chi connectivity index (χ1v) is 12.6. The molecule has 4 aromatic carbocycles. The molecular formula is C33H23N4O2Pt-3. The minimum absolute atomic E-state index is 0. The van der Waals surface area contributed by atoms with E-state index in [1.54, 1.807) is 6.20 Å². The Labute approximate surface area is 247 Å². The van der Waals surface area contributed by atoms with Crippen LogP contribution in [-0.4, -0.2) is 16.9 Å². The molecule has 0 spiro atoms. The third-order valence-electron chi connectivity index (χ3n) is 6.50. The molecule has 7 rings (SSSR count). The van der Waals surface area contributed by atoms with Crippen LogP contribution in [0.4, 0.5) is 22.9 Å². The Bertz CT molecular complexity index is 1760. The Morgan fingerprint density at radius 3 is 2.45 bits per heavy atom. The van der Waals surface area contributed by atoms with Crippen LogP contribution in [0.3, 0.4) is 0 Å². The number of ether oxygens (including phenoxy) is 1. The van der Waals surface area contributed by atoms with Gasteiger partial charge in [-0.1, -0.05) is 59.2 Å². The fourth-order valence-electron chi connectivity index (χ4n) is 4.75. The third-order valence-corrected chi connectivity index (χ3v) is 6.50. The quantitative estimate of drug-likeness (QED) is 0.163. The Balaban J connectivity index is 0.00000289. The van der Waals surface area contributed by atoms with Crippen molar-refractivity contribution in [2.75, 3.05) is 16.8 Å². The molecule has 1 aliphatic rings. The zero-order valence-electron chi connectivity index (χ0n) is 21.5. The normalized spacial score (nSPS) is 12.6. The van der Waals surface area contributed by atoms with E-state index >= 15 is 0 Å². The average Bonchev–Trinajstić information content (AvgIpc) is 3.58. The molecule has 6 aromatic rings. The minimum Gasteiger partial charge on any atom is -0.514 e. The van der Waals surface area contributed by atoms with Gasteiger partial charge in [-0.25, -0.2) is 4.98 Å². The molecule has 0 radical (unpaired) electrons. The van der Waals surface area contributed by atoms with Crippen LogP contribution in [0.5, 0.6) is 11.5 Å². The second-order valence-corrected chi connectivity index (χ2v) is 9.17. The molecule has 1 aliphatic heterocycles. The van der Waals surface area contributed by atoms with Crippen LogP contribution in [0, 0.1) is 18.8 Å². The summed E-state index contributed by atoms with van der Waals surface area (Å²) < 4.78 is 12.7. The number of furan rings is 1. The van der Waals surface area contributed by atoms with E-state index in [1.165, 1.54) is 0 Å². The van der Waals surface area contributed by atoms with Crippen LogP contribution in [-0.2, 0) is 21.1 Å². The maximum Gasteiger partial charge on any atom is 0.135 e. The molecule has 3 heterocycles. The molecule has 0 atom stereocenters. The van der Waals surface area contributed by atoms with Gasteiger partial charge in [-0.05, 0) is 49.8 Å². The van der Waals surface area contributed by atoms with E-state index in [4.69, 9.17) is 9.15 Å². The van der Waals surface area contributed by atoms with Crippen molar-refractivity contribution in [3.05, 3.63) is 134 Å². The predicted octanol–water partition coefficient (Wildman–Crippen LogP) is 8.18. The summed E-state index contributed by atoms with van der Waals surface area (Å²) in [4.78, 5) is 10.6. The van der Waals surface area contributed by atoms with E-state index in [-0.39, 0.29) is 21.1 Å². The Hall–Kier alpha value is -4.54. The SMILES string of the molecule is CN1C=CN(c2[c-]c(Oc3[c-]c(N(c4ccccc4)c4ccccn4)ccc3)cc3c2oc2ccccc23)[CH-]1.[Pt]. The first-order valence-electron chi connectivity index (χ1n) is 12.6. The predicted molar refractivity (Wildman–Crippen MR) is 154 cm³/mol. The van der Waals surface area contributed by atoms with Gasteiger partial charge in [-0.3, -0.25) is 0 Å². The smallest absolute Gasteiger partial charge is 0.135 e. The summed E-state index contributed by atoms with van der Waals surface area (Å²) in [6, 6.07) is 38.7. The van der Waals surface area contributed by atoms with Crippen molar-refractivity contribution < 1.29 is 30.2 Å². The fraction of sp³-hybridized carbons (Fsp3) is 0.0303. The summed E-state index contributed by atoms with van der Waals surface area (Å²) >= 11 is 0. The Kier molecular flexibility index (Phi) is 7.02. The van der Waals surface area contributed by atoms with E-state index in [1.807, 2.05) is 127 Å². The van der Waals surface area contributed by atoms with Crippen LogP contribution in [0.25, 0.3) is 21.9 Å². The summed E-state index contributed by atoms with van der Waals surface area (Å²) in [7, 11) is 1.98. The molecule has 0 N–H and O–H groups in total. The second-order valence-electron chi connectivity index (χ2n) is 9.17. The van der Waals surface area contributed by atoms with Gasteiger partial charge in [0.15, 0.2) is 0 Å². The molecule has 0 aliphatic carbocycles. The van der Waals surface area contributed by atoms with Crippen LogP contribution in [0.15, 0.2) is 120 Å². The topological polar surface area (TPSA) is 45.0 Å². The molecule has 0 saturated carbocycles. The molecule has 0 unspecified atom stereocenters. The number of aromatic nitrogens is 1. The fourth-order valence-corrected chi connectivity index (χ4v) is 4.75. The number of hydrogen-bond donors (Lipinski definition) is 0. The zero-order valence-corrected chi connectivity index (χ0v) is 23.7. The first-order chi connectivity index (χ1) is 19.2. The van der Waals surface area contributed by atoms with Gasteiger partial charge in [0.1, 0.15) is 11.4 Å². The molecule has 0 amide bonds. The number of nitrogens with zero attached hydrogens (tertiary/aromatic N) is 4. The van der Waals surface area contributed by atoms with E-state index in [9.17, 15) is 0 Å². The van der Waals surface area contributed by atoms with Gasteiger partial charge in [-0.15, -0.1) is 30.3 Å². The number of para-hydroxylation sites is 2. The van der Waals surface area contributed by atoms with Crippen LogP contribution in [0.1, 0.15) is 0 Å². The minimum atomic E-state index is 0. The molecule has 0 fully saturated rings. The standard InChI is InChI=1S/C33H23N4O2.Pt/c1-35-18-19-36(23-35)30-22-27(21-29-28-14-5-6-15-31(28)39-33(29)30)38-26-13-9-12-25(20-26)37(24-10-3-2-4-11-24)32-16-7-8-17-34-32;/h2-19,21,23H,1H3;/q-3;. The molecule has 200 valence electrons.